The van der Waals surface area contributed by atoms with Crippen molar-refractivity contribution in [2.75, 3.05) is 17.7 Å². The van der Waals surface area contributed by atoms with Crippen LogP contribution in [0.15, 0.2) is 40.4 Å². The largest absolute Gasteiger partial charge is 0.462 e. The summed E-state index contributed by atoms with van der Waals surface area (Å²) in [5.74, 6) is -0.101. The van der Waals surface area contributed by atoms with Gasteiger partial charge in [0, 0.05) is 11.4 Å². The molecule has 2 aromatic heterocycles. The van der Waals surface area contributed by atoms with Gasteiger partial charge < -0.3 is 14.6 Å². The lowest BCUT2D eigenvalue weighted by molar-refractivity contribution is -0.113. The molecule has 0 bridgehead atoms. The number of nitrogens with one attached hydrogen (secondary N) is 1. The van der Waals surface area contributed by atoms with Gasteiger partial charge >= 0.3 is 5.97 Å². The maximum absolute atomic E-state index is 12.9. The van der Waals surface area contributed by atoms with Crippen LogP contribution >= 0.6 is 23.1 Å². The number of aromatic nitrogens is 3. The molecule has 0 spiro atoms. The molecule has 1 aliphatic carbocycles. The van der Waals surface area contributed by atoms with Crippen molar-refractivity contribution in [3.8, 4) is 0 Å². The van der Waals surface area contributed by atoms with Crippen LogP contribution in [0.5, 0.6) is 0 Å². The van der Waals surface area contributed by atoms with Crippen LogP contribution in [0.25, 0.3) is 0 Å². The summed E-state index contributed by atoms with van der Waals surface area (Å²) in [6.45, 7) is 6.54. The summed E-state index contributed by atoms with van der Waals surface area (Å²) in [6, 6.07) is 8.21. The van der Waals surface area contributed by atoms with E-state index in [9.17, 15) is 18.0 Å². The molecule has 1 atom stereocenters. The number of rotatable bonds is 10. The Kier molecular flexibility index (Phi) is 8.71. The molecule has 0 saturated carbocycles. The Hall–Kier alpha value is -2.70. The molecule has 9 nitrogen and oxygen atoms in total. The first-order valence-electron chi connectivity index (χ1n) is 12.2. The predicted molar refractivity (Wildman–Crippen MR) is 144 cm³/mol. The molecule has 12 heteroatoms. The number of carbonyl (C=O) groups is 2. The van der Waals surface area contributed by atoms with Crippen LogP contribution in [-0.4, -0.2) is 47.4 Å². The molecule has 0 saturated heterocycles. The Morgan fingerprint density at radius 2 is 1.97 bits per heavy atom. The van der Waals surface area contributed by atoms with Crippen LogP contribution in [0.2, 0.25) is 0 Å². The fraction of sp³-hybridized carbons (Fsp3) is 0.440. The van der Waals surface area contributed by atoms with Crippen molar-refractivity contribution < 1.29 is 22.7 Å². The molecule has 3 aromatic rings. The summed E-state index contributed by atoms with van der Waals surface area (Å²) in [7, 11) is -3.58. The first kappa shape index (κ1) is 27.3. The van der Waals surface area contributed by atoms with Crippen molar-refractivity contribution in [2.45, 2.75) is 62.4 Å². The monoisotopic (exact) mass is 562 g/mol. The van der Waals surface area contributed by atoms with Gasteiger partial charge in [-0.3, -0.25) is 4.79 Å². The Morgan fingerprint density at radius 1 is 1.22 bits per heavy atom. The number of anilines is 1. The SMILES string of the molecule is CCOC(=O)c1c(NC(=O)CSc2nnc(CS(=O)(=O)c3ccccc3)n2CC)sc2c1CCC(C)C2. The van der Waals surface area contributed by atoms with Gasteiger partial charge in [0.2, 0.25) is 5.91 Å². The third-order valence-electron chi connectivity index (χ3n) is 6.11. The maximum Gasteiger partial charge on any atom is 0.341 e. The van der Waals surface area contributed by atoms with Crippen LogP contribution in [0.3, 0.4) is 0 Å². The number of amides is 1. The minimum Gasteiger partial charge on any atom is -0.462 e. The van der Waals surface area contributed by atoms with Crippen molar-refractivity contribution in [2.24, 2.45) is 5.92 Å². The summed E-state index contributed by atoms with van der Waals surface area (Å²) in [4.78, 5) is 26.9. The molecular weight excluding hydrogens is 532 g/mol. The number of thiophene rings is 1. The van der Waals surface area contributed by atoms with Gasteiger partial charge in [0.05, 0.1) is 22.8 Å². The van der Waals surface area contributed by atoms with Crippen LogP contribution in [-0.2, 0) is 44.5 Å². The van der Waals surface area contributed by atoms with Crippen molar-refractivity contribution >= 4 is 49.8 Å². The number of ether oxygens (including phenoxy) is 1. The van der Waals surface area contributed by atoms with Gasteiger partial charge in [-0.25, -0.2) is 13.2 Å². The van der Waals surface area contributed by atoms with Crippen molar-refractivity contribution in [1.82, 2.24) is 14.8 Å². The predicted octanol–water partition coefficient (Wildman–Crippen LogP) is 4.37. The van der Waals surface area contributed by atoms with E-state index in [1.54, 1.807) is 41.8 Å². The summed E-state index contributed by atoms with van der Waals surface area (Å²) in [6.07, 6.45) is 2.67. The quantitative estimate of drug-likeness (QED) is 0.286. The molecule has 1 aliphatic rings. The molecule has 4 rings (SSSR count). The number of sulfone groups is 1. The highest BCUT2D eigenvalue weighted by molar-refractivity contribution is 7.99. The maximum atomic E-state index is 12.9. The van der Waals surface area contributed by atoms with Crippen LogP contribution in [0.4, 0.5) is 5.00 Å². The Labute approximate surface area is 224 Å². The highest BCUT2D eigenvalue weighted by Crippen LogP contribution is 2.40. The van der Waals surface area contributed by atoms with Gasteiger partial charge in [-0.15, -0.1) is 21.5 Å². The molecule has 1 amide bonds. The first-order chi connectivity index (χ1) is 17.7. The number of hydrogen-bond donors (Lipinski definition) is 1. The smallest absolute Gasteiger partial charge is 0.341 e. The van der Waals surface area contributed by atoms with Gasteiger partial charge in [0.1, 0.15) is 16.6 Å². The number of hydrogen-bond acceptors (Lipinski definition) is 9. The number of benzene rings is 1. The average molecular weight is 563 g/mol. The highest BCUT2D eigenvalue weighted by atomic mass is 32.2. The average Bonchev–Trinajstić information content (AvgIpc) is 3.42. The van der Waals surface area contributed by atoms with E-state index in [0.717, 1.165) is 29.7 Å². The number of esters is 1. The normalized spacial score (nSPS) is 15.3. The van der Waals surface area contributed by atoms with Gasteiger partial charge in [0.15, 0.2) is 15.0 Å². The highest BCUT2D eigenvalue weighted by Gasteiger charge is 2.29. The minimum atomic E-state index is -3.58. The zero-order chi connectivity index (χ0) is 26.6. The molecule has 1 N–H and O–H groups in total. The summed E-state index contributed by atoms with van der Waals surface area (Å²) < 4.78 is 32.6. The fourth-order valence-electron chi connectivity index (χ4n) is 4.28. The van der Waals surface area contributed by atoms with Crippen molar-refractivity contribution in [1.29, 1.82) is 0 Å². The van der Waals surface area contributed by atoms with E-state index in [1.807, 2.05) is 6.92 Å². The van der Waals surface area contributed by atoms with E-state index in [-0.39, 0.29) is 28.9 Å². The van der Waals surface area contributed by atoms with Crippen LogP contribution in [0.1, 0.15) is 53.8 Å². The zero-order valence-corrected chi connectivity index (χ0v) is 23.5. The molecule has 37 heavy (non-hydrogen) atoms. The molecule has 198 valence electrons. The summed E-state index contributed by atoms with van der Waals surface area (Å²) in [5, 5.41) is 12.1. The van der Waals surface area contributed by atoms with E-state index in [0.29, 0.717) is 34.0 Å². The minimum absolute atomic E-state index is 0.0325. The van der Waals surface area contributed by atoms with E-state index < -0.39 is 15.8 Å². The number of carbonyl (C=O) groups excluding carboxylic acids is 2. The summed E-state index contributed by atoms with van der Waals surface area (Å²) in [5.41, 5.74) is 1.46. The van der Waals surface area contributed by atoms with Gasteiger partial charge in [-0.05, 0) is 56.7 Å². The van der Waals surface area contributed by atoms with E-state index in [2.05, 4.69) is 22.4 Å². The Morgan fingerprint density at radius 3 is 2.68 bits per heavy atom. The number of fused-ring (bicyclic) bond motifs is 1. The molecular formula is C25H30N4O5S3. The van der Waals surface area contributed by atoms with E-state index >= 15 is 0 Å². The van der Waals surface area contributed by atoms with E-state index in [4.69, 9.17) is 4.74 Å². The molecule has 0 radical (unpaired) electrons. The van der Waals surface area contributed by atoms with Crippen LogP contribution < -0.4 is 5.32 Å². The molecule has 1 aromatic carbocycles. The lowest BCUT2D eigenvalue weighted by Crippen LogP contribution is -2.18. The fourth-order valence-corrected chi connectivity index (χ4v) is 7.81. The lowest BCUT2D eigenvalue weighted by Gasteiger charge is -2.18. The van der Waals surface area contributed by atoms with Crippen LogP contribution in [0, 0.1) is 5.92 Å². The summed E-state index contributed by atoms with van der Waals surface area (Å²) >= 11 is 2.62. The van der Waals surface area contributed by atoms with Crippen molar-refractivity contribution in [3.63, 3.8) is 0 Å². The van der Waals surface area contributed by atoms with Gasteiger partial charge in [0.25, 0.3) is 0 Å². The molecule has 0 aliphatic heterocycles. The second-order valence-corrected chi connectivity index (χ2v) is 12.9. The molecule has 0 fully saturated rings. The first-order valence-corrected chi connectivity index (χ1v) is 15.6. The third kappa shape index (κ3) is 6.24. The number of thioether (sulfide) groups is 1. The topological polar surface area (TPSA) is 120 Å². The van der Waals surface area contributed by atoms with E-state index in [1.165, 1.54) is 23.1 Å². The zero-order valence-electron chi connectivity index (χ0n) is 21.0. The third-order valence-corrected chi connectivity index (χ3v) is 9.87. The molecule has 1 unspecified atom stereocenters. The van der Waals surface area contributed by atoms with Crippen molar-refractivity contribution in [3.05, 3.63) is 52.2 Å². The second kappa shape index (κ2) is 11.8. The Bertz CT molecular complexity index is 1380. The second-order valence-electron chi connectivity index (χ2n) is 8.83. The molecule has 2 heterocycles. The lowest BCUT2D eigenvalue weighted by atomic mass is 9.88. The van der Waals surface area contributed by atoms with Gasteiger partial charge in [-0.1, -0.05) is 36.9 Å². The number of nitrogens with zero attached hydrogens (tertiary/aromatic N) is 3. The van der Waals surface area contributed by atoms with Gasteiger partial charge in [-0.2, -0.15) is 0 Å². The standard InChI is InChI=1S/C25H30N4O5S3/c1-4-29-20(15-37(32,33)17-9-7-6-8-10-17)27-28-25(29)35-14-21(30)26-23-22(24(31)34-5-2)18-12-11-16(3)13-19(18)36-23/h6-10,16H,4-5,11-15H2,1-3H3,(H,26,30). The Balaban J connectivity index is 1.46.